The Morgan fingerprint density at radius 1 is 1.48 bits per heavy atom. The maximum Gasteiger partial charge on any atom is 0.234 e. The van der Waals surface area contributed by atoms with E-state index >= 15 is 0 Å². The van der Waals surface area contributed by atoms with Crippen LogP contribution in [0.1, 0.15) is 18.4 Å². The number of pyridine rings is 2. The Labute approximate surface area is 146 Å². The third-order valence-electron chi connectivity index (χ3n) is 4.90. The van der Waals surface area contributed by atoms with Gasteiger partial charge < -0.3 is 15.2 Å². The van der Waals surface area contributed by atoms with Crippen molar-refractivity contribution in [2.24, 2.45) is 5.73 Å². The van der Waals surface area contributed by atoms with Crippen LogP contribution in [-0.4, -0.2) is 53.1 Å². The standard InChI is InChI=1S/C18H21N4O3/c1-24-16-6-5-13-17(21-16)12-8-11(25-15(12)9-20-13)10-22-7-3-2-4-14(22)18(19)23/h2,5-6,9,11,14H,3-4,7-8,10H2,1H3,(H2,19,23). The van der Waals surface area contributed by atoms with E-state index in [0.717, 1.165) is 41.7 Å². The highest BCUT2D eigenvalue weighted by molar-refractivity contribution is 5.81. The Hall–Kier alpha value is -2.41. The zero-order chi connectivity index (χ0) is 17.4. The van der Waals surface area contributed by atoms with Crippen LogP contribution in [0.5, 0.6) is 11.6 Å². The van der Waals surface area contributed by atoms with E-state index in [1.54, 1.807) is 19.4 Å². The molecule has 25 heavy (non-hydrogen) atoms. The Kier molecular flexibility index (Phi) is 4.17. The van der Waals surface area contributed by atoms with Gasteiger partial charge in [-0.15, -0.1) is 0 Å². The molecule has 4 heterocycles. The summed E-state index contributed by atoms with van der Waals surface area (Å²) in [6, 6.07) is 3.46. The lowest BCUT2D eigenvalue weighted by molar-refractivity contribution is -0.124. The molecule has 0 aliphatic carbocycles. The second-order valence-electron chi connectivity index (χ2n) is 6.49. The molecule has 2 aliphatic heterocycles. The smallest absolute Gasteiger partial charge is 0.234 e. The molecule has 4 rings (SSSR count). The number of methoxy groups -OCH3 is 1. The number of fused-ring (bicyclic) bond motifs is 3. The van der Waals surface area contributed by atoms with E-state index in [4.69, 9.17) is 15.2 Å². The van der Waals surface area contributed by atoms with Crippen molar-refractivity contribution in [3.05, 3.63) is 30.3 Å². The highest BCUT2D eigenvalue weighted by atomic mass is 16.5. The maximum atomic E-state index is 11.7. The molecular formula is C18H21N4O3. The molecule has 1 fully saturated rings. The van der Waals surface area contributed by atoms with Crippen LogP contribution in [0.25, 0.3) is 11.0 Å². The molecule has 0 bridgehead atoms. The molecule has 0 aromatic carbocycles. The van der Waals surface area contributed by atoms with Crippen molar-refractivity contribution in [3.8, 4) is 11.6 Å². The number of nitrogens with two attached hydrogens (primary N) is 1. The first kappa shape index (κ1) is 16.1. The van der Waals surface area contributed by atoms with Crippen molar-refractivity contribution in [1.82, 2.24) is 14.9 Å². The molecule has 1 saturated heterocycles. The maximum absolute atomic E-state index is 11.7. The first-order chi connectivity index (χ1) is 12.2. The molecule has 7 heteroatoms. The molecule has 131 valence electrons. The Balaban J connectivity index is 1.56. The molecule has 2 aromatic rings. The minimum atomic E-state index is -0.273. The number of hydrogen-bond acceptors (Lipinski definition) is 6. The number of aromatic nitrogens is 2. The van der Waals surface area contributed by atoms with Gasteiger partial charge in [-0.2, -0.15) is 0 Å². The lowest BCUT2D eigenvalue weighted by atomic mass is 10.0. The fraction of sp³-hybridized carbons (Fsp3) is 0.444. The van der Waals surface area contributed by atoms with Crippen molar-refractivity contribution in [1.29, 1.82) is 0 Å². The topological polar surface area (TPSA) is 90.6 Å². The summed E-state index contributed by atoms with van der Waals surface area (Å²) < 4.78 is 11.3. The third kappa shape index (κ3) is 3.00. The summed E-state index contributed by atoms with van der Waals surface area (Å²) in [5.74, 6) is 1.05. The number of rotatable bonds is 4. The number of hydrogen-bond donors (Lipinski definition) is 1. The van der Waals surface area contributed by atoms with E-state index in [1.807, 2.05) is 6.07 Å². The predicted octanol–water partition coefficient (Wildman–Crippen LogP) is 1.10. The third-order valence-corrected chi connectivity index (χ3v) is 4.90. The Morgan fingerprint density at radius 2 is 2.36 bits per heavy atom. The van der Waals surface area contributed by atoms with Gasteiger partial charge in [0.15, 0.2) is 0 Å². The van der Waals surface area contributed by atoms with Crippen LogP contribution >= 0.6 is 0 Å². The molecule has 2 unspecified atom stereocenters. The second kappa shape index (κ2) is 6.48. The van der Waals surface area contributed by atoms with Gasteiger partial charge in [0.1, 0.15) is 11.9 Å². The molecular weight excluding hydrogens is 320 g/mol. The number of likely N-dealkylation sites (tertiary alicyclic amines) is 1. The van der Waals surface area contributed by atoms with E-state index in [2.05, 4.69) is 21.3 Å². The summed E-state index contributed by atoms with van der Waals surface area (Å²) in [5.41, 5.74) is 8.24. The van der Waals surface area contributed by atoms with Gasteiger partial charge in [-0.25, -0.2) is 4.98 Å². The van der Waals surface area contributed by atoms with E-state index in [9.17, 15) is 4.79 Å². The zero-order valence-electron chi connectivity index (χ0n) is 14.1. The number of ether oxygens (including phenoxy) is 2. The summed E-state index contributed by atoms with van der Waals surface area (Å²) in [7, 11) is 1.60. The van der Waals surface area contributed by atoms with Crippen molar-refractivity contribution in [2.75, 3.05) is 20.2 Å². The van der Waals surface area contributed by atoms with Crippen LogP contribution in [0.2, 0.25) is 0 Å². The average molecular weight is 341 g/mol. The molecule has 2 N–H and O–H groups in total. The van der Waals surface area contributed by atoms with Crippen LogP contribution in [0, 0.1) is 6.42 Å². The highest BCUT2D eigenvalue weighted by Gasteiger charge is 2.33. The Morgan fingerprint density at radius 3 is 3.16 bits per heavy atom. The quantitative estimate of drug-likeness (QED) is 0.895. The molecule has 1 radical (unpaired) electrons. The number of primary amides is 1. The Bertz CT molecular complexity index is 810. The fourth-order valence-corrected chi connectivity index (χ4v) is 3.66. The van der Waals surface area contributed by atoms with Crippen LogP contribution < -0.4 is 15.2 Å². The average Bonchev–Trinajstić information content (AvgIpc) is 3.04. The molecule has 0 saturated carbocycles. The molecule has 2 aromatic heterocycles. The summed E-state index contributed by atoms with van der Waals surface area (Å²) in [6.45, 7) is 1.50. The van der Waals surface area contributed by atoms with Gasteiger partial charge >= 0.3 is 0 Å². The molecule has 0 spiro atoms. The van der Waals surface area contributed by atoms with Crippen molar-refractivity contribution < 1.29 is 14.3 Å². The predicted molar refractivity (Wildman–Crippen MR) is 92.3 cm³/mol. The monoisotopic (exact) mass is 341 g/mol. The molecule has 2 aliphatic rings. The van der Waals surface area contributed by atoms with Gasteiger partial charge in [-0.1, -0.05) is 0 Å². The van der Waals surface area contributed by atoms with Gasteiger partial charge in [0.2, 0.25) is 11.8 Å². The molecule has 7 nitrogen and oxygen atoms in total. The van der Waals surface area contributed by atoms with Crippen LogP contribution in [0.3, 0.4) is 0 Å². The zero-order valence-corrected chi connectivity index (χ0v) is 14.1. The van der Waals surface area contributed by atoms with E-state index in [0.29, 0.717) is 18.8 Å². The number of amides is 1. The molecule has 1 amide bonds. The second-order valence-corrected chi connectivity index (χ2v) is 6.49. The van der Waals surface area contributed by atoms with Gasteiger partial charge in [-0.3, -0.25) is 14.7 Å². The van der Waals surface area contributed by atoms with E-state index in [-0.39, 0.29) is 18.1 Å². The minimum absolute atomic E-state index is 0.0321. The summed E-state index contributed by atoms with van der Waals surface area (Å²) >= 11 is 0. The van der Waals surface area contributed by atoms with E-state index in [1.165, 1.54) is 0 Å². The van der Waals surface area contributed by atoms with Gasteiger partial charge in [-0.05, 0) is 31.9 Å². The fourth-order valence-electron chi connectivity index (χ4n) is 3.66. The molecule has 2 atom stereocenters. The summed E-state index contributed by atoms with van der Waals surface area (Å²) in [5, 5.41) is 0. The lowest BCUT2D eigenvalue weighted by Gasteiger charge is -2.34. The highest BCUT2D eigenvalue weighted by Crippen LogP contribution is 2.34. The summed E-state index contributed by atoms with van der Waals surface area (Å²) in [4.78, 5) is 22.8. The first-order valence-electron chi connectivity index (χ1n) is 8.50. The van der Waals surface area contributed by atoms with Crippen LogP contribution in [0.4, 0.5) is 0 Å². The normalized spacial score (nSPS) is 23.2. The van der Waals surface area contributed by atoms with Gasteiger partial charge in [0, 0.05) is 24.6 Å². The van der Waals surface area contributed by atoms with Crippen molar-refractivity contribution in [3.63, 3.8) is 0 Å². The summed E-state index contributed by atoms with van der Waals surface area (Å²) in [6.07, 6.45) is 6.26. The van der Waals surface area contributed by atoms with Crippen molar-refractivity contribution >= 4 is 16.9 Å². The number of carbonyl (C=O) groups is 1. The lowest BCUT2D eigenvalue weighted by Crippen LogP contribution is -2.50. The van der Waals surface area contributed by atoms with E-state index < -0.39 is 0 Å². The largest absolute Gasteiger partial charge is 0.487 e. The van der Waals surface area contributed by atoms with Crippen LogP contribution in [0.15, 0.2) is 18.3 Å². The first-order valence-corrected chi connectivity index (χ1v) is 8.50. The van der Waals surface area contributed by atoms with Crippen LogP contribution in [-0.2, 0) is 11.2 Å². The van der Waals surface area contributed by atoms with Crippen molar-refractivity contribution in [2.45, 2.75) is 31.4 Å². The number of nitrogens with zero attached hydrogens (tertiary/aromatic N) is 3. The number of carbonyl (C=O) groups excluding carboxylic acids is 1. The number of piperidine rings is 1. The van der Waals surface area contributed by atoms with Gasteiger partial charge in [0.05, 0.1) is 30.4 Å². The minimum Gasteiger partial charge on any atom is -0.487 e. The van der Waals surface area contributed by atoms with Gasteiger partial charge in [0.25, 0.3) is 0 Å². The SMILES string of the molecule is COc1ccc2ncc3c(c2n1)CC(CN1CC[CH]CC1C(N)=O)O3.